The zero-order chi connectivity index (χ0) is 18.0. The van der Waals surface area contributed by atoms with Gasteiger partial charge in [0.2, 0.25) is 15.9 Å². The summed E-state index contributed by atoms with van der Waals surface area (Å²) in [4.78, 5) is 15.8. The van der Waals surface area contributed by atoms with E-state index in [4.69, 9.17) is 13.7 Å². The third-order valence-corrected chi connectivity index (χ3v) is 4.98. The third-order valence-electron chi connectivity index (χ3n) is 3.34. The van der Waals surface area contributed by atoms with E-state index in [1.54, 1.807) is 18.2 Å². The molecule has 9 nitrogen and oxygen atoms in total. The molecule has 10 heteroatoms. The fourth-order valence-corrected chi connectivity index (χ4v) is 3.55. The first-order valence-corrected chi connectivity index (χ1v) is 8.78. The van der Waals surface area contributed by atoms with Crippen molar-refractivity contribution in [2.75, 3.05) is 6.54 Å². The normalized spacial score (nSPS) is 11.8. The Kier molecular flexibility index (Phi) is 4.55. The highest BCUT2D eigenvalue weighted by molar-refractivity contribution is 7.89. The predicted octanol–water partition coefficient (Wildman–Crippen LogP) is 1.45. The van der Waals surface area contributed by atoms with E-state index in [0.717, 1.165) is 0 Å². The van der Waals surface area contributed by atoms with E-state index in [-0.39, 0.29) is 28.8 Å². The number of oxazole rings is 1. The van der Waals surface area contributed by atoms with Crippen LogP contribution in [0.25, 0.3) is 11.1 Å². The molecule has 0 fully saturated rings. The summed E-state index contributed by atoms with van der Waals surface area (Å²) in [5, 5.41) is 3.58. The van der Waals surface area contributed by atoms with E-state index in [0.29, 0.717) is 11.1 Å². The largest absolute Gasteiger partial charge is 0.455 e. The van der Waals surface area contributed by atoms with Gasteiger partial charge in [0, 0.05) is 0 Å². The molecule has 1 aromatic carbocycles. The van der Waals surface area contributed by atoms with Crippen LogP contribution in [0.3, 0.4) is 0 Å². The lowest BCUT2D eigenvalue weighted by atomic mass is 10.3. The minimum atomic E-state index is -3.92. The number of hydrogen-bond acceptors (Lipinski definition) is 8. The first-order chi connectivity index (χ1) is 11.9. The van der Waals surface area contributed by atoms with Crippen LogP contribution in [0.4, 0.5) is 0 Å². The van der Waals surface area contributed by atoms with Crippen LogP contribution in [0, 0.1) is 13.8 Å². The number of benzene rings is 1. The number of carbonyl (C=O) groups excluding carboxylic acids is 1. The van der Waals surface area contributed by atoms with Gasteiger partial charge < -0.3 is 13.7 Å². The lowest BCUT2D eigenvalue weighted by Gasteiger charge is -2.06. The zero-order valence-electron chi connectivity index (χ0n) is 13.5. The number of aryl methyl sites for hydroxylation is 2. The Morgan fingerprint density at radius 2 is 2.04 bits per heavy atom. The SMILES string of the molecule is Cc1noc(C)c1S(=O)(=O)NCC(=O)OCc1nc2ccccc2o1. The highest BCUT2D eigenvalue weighted by atomic mass is 32.2. The molecule has 0 saturated heterocycles. The van der Waals surface area contributed by atoms with Gasteiger partial charge in [0.1, 0.15) is 22.7 Å². The highest BCUT2D eigenvalue weighted by Crippen LogP contribution is 2.18. The number of rotatable bonds is 6. The van der Waals surface area contributed by atoms with E-state index in [2.05, 4.69) is 14.9 Å². The summed E-state index contributed by atoms with van der Waals surface area (Å²) >= 11 is 0. The van der Waals surface area contributed by atoms with Crippen molar-refractivity contribution in [2.24, 2.45) is 0 Å². The quantitative estimate of drug-likeness (QED) is 0.651. The molecular formula is C15H15N3O6S. The maximum Gasteiger partial charge on any atom is 0.321 e. The second-order valence-corrected chi connectivity index (χ2v) is 6.92. The van der Waals surface area contributed by atoms with Crippen LogP contribution in [0.1, 0.15) is 17.3 Å². The van der Waals surface area contributed by atoms with Gasteiger partial charge in [0.05, 0.1) is 0 Å². The molecule has 2 heterocycles. The summed E-state index contributed by atoms with van der Waals surface area (Å²) < 4.78 is 41.7. The van der Waals surface area contributed by atoms with Crippen molar-refractivity contribution in [3.8, 4) is 0 Å². The molecule has 0 saturated carbocycles. The number of nitrogens with one attached hydrogen (secondary N) is 1. The number of aromatic nitrogens is 2. The van der Waals surface area contributed by atoms with Crippen LogP contribution < -0.4 is 4.72 Å². The number of esters is 1. The van der Waals surface area contributed by atoms with E-state index in [9.17, 15) is 13.2 Å². The Morgan fingerprint density at radius 1 is 1.28 bits per heavy atom. The Hall–Kier alpha value is -2.72. The number of ether oxygens (including phenoxy) is 1. The van der Waals surface area contributed by atoms with Crippen LogP contribution in [-0.4, -0.2) is 31.1 Å². The minimum absolute atomic E-state index is 0.0840. The fraction of sp³-hybridized carbons (Fsp3) is 0.267. The molecule has 0 unspecified atom stereocenters. The number of carbonyl (C=O) groups is 1. The Labute approximate surface area is 143 Å². The molecule has 0 atom stereocenters. The summed E-state index contributed by atoms with van der Waals surface area (Å²) in [7, 11) is -3.92. The molecular weight excluding hydrogens is 350 g/mol. The van der Waals surface area contributed by atoms with Crippen LogP contribution in [0.15, 0.2) is 38.1 Å². The third kappa shape index (κ3) is 3.69. The molecule has 0 radical (unpaired) electrons. The van der Waals surface area contributed by atoms with Crippen molar-refractivity contribution in [1.29, 1.82) is 0 Å². The number of para-hydroxylation sites is 2. The Bertz CT molecular complexity index is 968. The molecule has 0 spiro atoms. The number of nitrogens with zero attached hydrogens (tertiary/aromatic N) is 2. The van der Waals surface area contributed by atoms with Crippen LogP contribution >= 0.6 is 0 Å². The average molecular weight is 365 g/mol. The highest BCUT2D eigenvalue weighted by Gasteiger charge is 2.25. The second kappa shape index (κ2) is 6.65. The molecule has 2 aromatic heterocycles. The van der Waals surface area contributed by atoms with Crippen LogP contribution in [-0.2, 0) is 26.2 Å². The minimum Gasteiger partial charge on any atom is -0.455 e. The van der Waals surface area contributed by atoms with E-state index in [1.807, 2.05) is 6.07 Å². The maximum atomic E-state index is 12.2. The molecule has 132 valence electrons. The summed E-state index contributed by atoms with van der Waals surface area (Å²) in [5.41, 5.74) is 1.44. The number of fused-ring (bicyclic) bond motifs is 1. The van der Waals surface area contributed by atoms with E-state index < -0.39 is 22.5 Å². The smallest absolute Gasteiger partial charge is 0.321 e. The zero-order valence-corrected chi connectivity index (χ0v) is 14.3. The average Bonchev–Trinajstić information content (AvgIpc) is 3.14. The van der Waals surface area contributed by atoms with Gasteiger partial charge in [-0.15, -0.1) is 0 Å². The molecule has 0 amide bonds. The molecule has 0 bridgehead atoms. The maximum absolute atomic E-state index is 12.2. The van der Waals surface area contributed by atoms with Crippen molar-refractivity contribution in [3.05, 3.63) is 41.6 Å². The summed E-state index contributed by atoms with van der Waals surface area (Å²) in [6.07, 6.45) is 0. The van der Waals surface area contributed by atoms with Gasteiger partial charge in [-0.3, -0.25) is 4.79 Å². The number of hydrogen-bond donors (Lipinski definition) is 1. The molecule has 25 heavy (non-hydrogen) atoms. The Balaban J connectivity index is 1.57. The van der Waals surface area contributed by atoms with Gasteiger partial charge in [-0.1, -0.05) is 17.3 Å². The molecule has 0 aliphatic rings. The van der Waals surface area contributed by atoms with Crippen LogP contribution in [0.2, 0.25) is 0 Å². The van der Waals surface area contributed by atoms with E-state index >= 15 is 0 Å². The van der Waals surface area contributed by atoms with Gasteiger partial charge in [-0.05, 0) is 26.0 Å². The predicted molar refractivity (Wildman–Crippen MR) is 85.0 cm³/mol. The standard InChI is InChI=1S/C15H15N3O6S/c1-9-15(10(2)24-18-9)25(20,21)16-7-14(19)22-8-13-17-11-5-3-4-6-12(11)23-13/h3-6,16H,7-8H2,1-2H3. The van der Waals surface area contributed by atoms with Crippen molar-refractivity contribution in [1.82, 2.24) is 14.9 Å². The summed E-state index contributed by atoms with van der Waals surface area (Å²) in [6.45, 7) is 2.24. The van der Waals surface area contributed by atoms with Gasteiger partial charge in [0.15, 0.2) is 18.0 Å². The van der Waals surface area contributed by atoms with Gasteiger partial charge >= 0.3 is 5.97 Å². The lowest BCUT2D eigenvalue weighted by molar-refractivity contribution is -0.144. The first kappa shape index (κ1) is 17.1. The van der Waals surface area contributed by atoms with Crippen molar-refractivity contribution in [3.63, 3.8) is 0 Å². The Morgan fingerprint density at radius 3 is 2.72 bits per heavy atom. The molecule has 0 aliphatic carbocycles. The van der Waals surface area contributed by atoms with Crippen molar-refractivity contribution in [2.45, 2.75) is 25.3 Å². The monoisotopic (exact) mass is 365 g/mol. The first-order valence-electron chi connectivity index (χ1n) is 7.29. The summed E-state index contributed by atoms with van der Waals surface area (Å²) in [5.74, 6) is -0.398. The topological polar surface area (TPSA) is 125 Å². The fourth-order valence-electron chi connectivity index (χ4n) is 2.26. The van der Waals surface area contributed by atoms with Crippen molar-refractivity contribution < 1.29 is 26.9 Å². The van der Waals surface area contributed by atoms with Gasteiger partial charge in [0.25, 0.3) is 0 Å². The second-order valence-electron chi connectivity index (χ2n) is 5.21. The molecule has 3 aromatic rings. The van der Waals surface area contributed by atoms with Crippen LogP contribution in [0.5, 0.6) is 0 Å². The molecule has 3 rings (SSSR count). The van der Waals surface area contributed by atoms with Crippen molar-refractivity contribution >= 4 is 27.1 Å². The lowest BCUT2D eigenvalue weighted by Crippen LogP contribution is -2.31. The summed E-state index contributed by atoms with van der Waals surface area (Å²) in [6, 6.07) is 7.12. The van der Waals surface area contributed by atoms with Gasteiger partial charge in [-0.25, -0.2) is 13.4 Å². The number of sulfonamides is 1. The van der Waals surface area contributed by atoms with Gasteiger partial charge in [-0.2, -0.15) is 4.72 Å². The molecule has 0 aliphatic heterocycles. The van der Waals surface area contributed by atoms with E-state index in [1.165, 1.54) is 13.8 Å². The molecule has 1 N–H and O–H groups in total.